The van der Waals surface area contributed by atoms with E-state index in [1.165, 1.54) is 30.3 Å². The first-order chi connectivity index (χ1) is 15.4. The predicted octanol–water partition coefficient (Wildman–Crippen LogP) is 4.47. The Morgan fingerprint density at radius 3 is 2.47 bits per heavy atom. The second-order valence-corrected chi connectivity index (χ2v) is 8.59. The Morgan fingerprint density at radius 1 is 1.28 bits per heavy atom. The van der Waals surface area contributed by atoms with E-state index in [4.69, 9.17) is 4.74 Å². The van der Waals surface area contributed by atoms with Gasteiger partial charge in [-0.25, -0.2) is 0 Å². The molecule has 3 N–H and O–H groups in total. The first kappa shape index (κ1) is 25.6. The van der Waals surface area contributed by atoms with Crippen LogP contribution < -0.4 is 20.9 Å². The number of ether oxygens (including phenoxy) is 1. The van der Waals surface area contributed by atoms with Crippen LogP contribution in [0.3, 0.4) is 0 Å². The molecule has 0 aliphatic carbocycles. The molecule has 2 atom stereocenters. The largest absolute Gasteiger partial charge is 0.494 e. The predicted molar refractivity (Wildman–Crippen MR) is 138 cm³/mol. The lowest BCUT2D eigenvalue weighted by atomic mass is 9.99. The first-order valence-electron chi connectivity index (χ1n) is 11.0. The first-order valence-corrected chi connectivity index (χ1v) is 11.9. The molecule has 1 aromatic rings. The van der Waals surface area contributed by atoms with Gasteiger partial charge in [0.2, 0.25) is 0 Å². The van der Waals surface area contributed by atoms with Crippen molar-refractivity contribution >= 4 is 29.0 Å². The van der Waals surface area contributed by atoms with E-state index in [1.807, 2.05) is 44.6 Å². The number of amides is 1. The highest BCUT2D eigenvalue weighted by Crippen LogP contribution is 2.34. The van der Waals surface area contributed by atoms with E-state index in [0.29, 0.717) is 18.1 Å². The summed E-state index contributed by atoms with van der Waals surface area (Å²) in [5.74, 6) is 0.294. The van der Waals surface area contributed by atoms with Gasteiger partial charge in [-0.05, 0) is 63.7 Å². The molecule has 0 radical (unpaired) electrons. The molecule has 2 aliphatic rings. The average Bonchev–Trinajstić information content (AvgIpc) is 3.48. The molecule has 0 spiro atoms. The van der Waals surface area contributed by atoms with Crippen molar-refractivity contribution in [2.45, 2.75) is 25.1 Å². The summed E-state index contributed by atoms with van der Waals surface area (Å²) in [6.07, 6.45) is 4.29. The third-order valence-electron chi connectivity index (χ3n) is 5.13. The number of benzene rings is 1. The zero-order valence-electron chi connectivity index (χ0n) is 19.4. The minimum atomic E-state index is -0.161. The van der Waals surface area contributed by atoms with Crippen LogP contribution in [0, 0.1) is 5.92 Å². The van der Waals surface area contributed by atoms with Crippen molar-refractivity contribution in [3.05, 3.63) is 72.5 Å². The van der Waals surface area contributed by atoms with Gasteiger partial charge in [0.1, 0.15) is 11.5 Å². The fourth-order valence-corrected chi connectivity index (χ4v) is 4.58. The van der Waals surface area contributed by atoms with Crippen LogP contribution in [0.25, 0.3) is 0 Å². The summed E-state index contributed by atoms with van der Waals surface area (Å²) >= 11 is 1.54. The number of carbonyl (C=O) groups is 1. The van der Waals surface area contributed by atoms with Crippen molar-refractivity contribution in [3.8, 4) is 0 Å². The molecular weight excluding hydrogens is 420 g/mol. The van der Waals surface area contributed by atoms with Crippen molar-refractivity contribution in [1.82, 2.24) is 10.6 Å². The summed E-state index contributed by atoms with van der Waals surface area (Å²) in [6.45, 7) is 16.6. The molecule has 7 heteroatoms. The van der Waals surface area contributed by atoms with Gasteiger partial charge in [-0.2, -0.15) is 0 Å². The monoisotopic (exact) mass is 456 g/mol. The van der Waals surface area contributed by atoms with Gasteiger partial charge in [-0.1, -0.05) is 19.2 Å². The molecule has 1 aromatic carbocycles. The summed E-state index contributed by atoms with van der Waals surface area (Å²) in [5, 5.41) is 10.7. The second-order valence-electron chi connectivity index (χ2n) is 7.57. The Bertz CT molecular complexity index is 829. The van der Waals surface area contributed by atoms with Crippen LogP contribution >= 0.6 is 11.8 Å². The van der Waals surface area contributed by atoms with Gasteiger partial charge in [0.15, 0.2) is 0 Å². The number of nitrogens with one attached hydrogen (secondary N) is 3. The molecule has 2 unspecified atom stereocenters. The molecule has 3 rings (SSSR count). The molecule has 1 amide bonds. The molecule has 174 valence electrons. The zero-order valence-corrected chi connectivity index (χ0v) is 20.3. The van der Waals surface area contributed by atoms with Crippen molar-refractivity contribution in [2.75, 3.05) is 44.0 Å². The maximum atomic E-state index is 12.7. The minimum absolute atomic E-state index is 0.0736. The van der Waals surface area contributed by atoms with Gasteiger partial charge in [-0.15, -0.1) is 18.3 Å². The lowest BCUT2D eigenvalue weighted by molar-refractivity contribution is -0.113. The molecule has 6 nitrogen and oxygen atoms in total. The molecule has 1 fully saturated rings. The maximum Gasteiger partial charge on any atom is 0.272 e. The van der Waals surface area contributed by atoms with E-state index in [1.54, 1.807) is 0 Å². The quantitative estimate of drug-likeness (QED) is 0.289. The number of nitrogens with zero attached hydrogens (tertiary/aromatic N) is 1. The summed E-state index contributed by atoms with van der Waals surface area (Å²) in [5.41, 5.74) is 3.28. The molecule has 2 heterocycles. The zero-order chi connectivity index (χ0) is 23.5. The Balaban J connectivity index is 0.00000114. The van der Waals surface area contributed by atoms with E-state index < -0.39 is 0 Å². The summed E-state index contributed by atoms with van der Waals surface area (Å²) in [7, 11) is 3.75. The summed E-state index contributed by atoms with van der Waals surface area (Å²) < 4.78 is 5.47. The summed E-state index contributed by atoms with van der Waals surface area (Å²) in [6, 6.07) is 8.02. The Kier molecular flexibility index (Phi) is 10.4. The van der Waals surface area contributed by atoms with Gasteiger partial charge in [0.25, 0.3) is 5.91 Å². The van der Waals surface area contributed by atoms with Crippen LogP contribution in [0.1, 0.15) is 19.8 Å². The van der Waals surface area contributed by atoms with Gasteiger partial charge < -0.3 is 25.6 Å². The number of rotatable bonds is 9. The highest BCUT2D eigenvalue weighted by Gasteiger charge is 2.30. The van der Waals surface area contributed by atoms with Crippen LogP contribution in [0.2, 0.25) is 0 Å². The van der Waals surface area contributed by atoms with Gasteiger partial charge in [-0.3, -0.25) is 4.79 Å². The second kappa shape index (κ2) is 13.0. The Labute approximate surface area is 196 Å². The standard InChI is InChI=1S/C23H29N3O2S.C2H7N/c1-5-20(16(3)17(4)28-6-2)23-25-21(15-29-23)22(27)24-18-9-11-19(12-10-18)26-13-7-8-14-26;1-3-2/h5,9-12,15,20,23,25H,1,3-4,6-8,13-14H2,2H3,(H,24,27);3H,1-2H3. The molecule has 1 saturated heterocycles. The number of carbonyl (C=O) groups excluding carboxylic acids is 1. The molecule has 0 saturated carbocycles. The third kappa shape index (κ3) is 6.93. The fourth-order valence-electron chi connectivity index (χ4n) is 3.49. The van der Waals surface area contributed by atoms with Crippen LogP contribution in [-0.4, -0.2) is 45.1 Å². The Hall–Kier alpha value is -2.64. The normalized spacial score (nSPS) is 17.9. The lowest BCUT2D eigenvalue weighted by Crippen LogP contribution is -2.33. The van der Waals surface area contributed by atoms with E-state index in [2.05, 4.69) is 52.7 Å². The van der Waals surface area contributed by atoms with E-state index in [0.717, 1.165) is 24.4 Å². The number of anilines is 2. The average molecular weight is 457 g/mol. The van der Waals surface area contributed by atoms with Crippen molar-refractivity contribution in [3.63, 3.8) is 0 Å². The summed E-state index contributed by atoms with van der Waals surface area (Å²) in [4.78, 5) is 15.0. The molecule has 32 heavy (non-hydrogen) atoms. The number of hydrogen-bond donors (Lipinski definition) is 3. The van der Waals surface area contributed by atoms with Gasteiger partial charge >= 0.3 is 0 Å². The van der Waals surface area contributed by atoms with Crippen LogP contribution in [0.4, 0.5) is 11.4 Å². The van der Waals surface area contributed by atoms with Gasteiger partial charge in [0.05, 0.1) is 12.0 Å². The SMILES string of the molecule is C=CC(C(=C)C(=C)OCC)C1NC(C(=O)Nc2ccc(N3CCCC3)cc2)=CS1.CNC. The molecule has 0 aromatic heterocycles. The van der Waals surface area contributed by atoms with E-state index in [9.17, 15) is 4.79 Å². The van der Waals surface area contributed by atoms with Gasteiger partial charge in [0, 0.05) is 35.8 Å². The van der Waals surface area contributed by atoms with Crippen molar-refractivity contribution in [1.29, 1.82) is 0 Å². The number of hydrogen-bond acceptors (Lipinski definition) is 6. The fraction of sp³-hybridized carbons (Fsp3) is 0.400. The topological polar surface area (TPSA) is 65.6 Å². The van der Waals surface area contributed by atoms with Crippen molar-refractivity contribution < 1.29 is 9.53 Å². The smallest absolute Gasteiger partial charge is 0.272 e. The lowest BCUT2D eigenvalue weighted by Gasteiger charge is -2.24. The van der Waals surface area contributed by atoms with Crippen LogP contribution in [-0.2, 0) is 9.53 Å². The highest BCUT2D eigenvalue weighted by atomic mass is 32.2. The minimum Gasteiger partial charge on any atom is -0.494 e. The van der Waals surface area contributed by atoms with E-state index >= 15 is 0 Å². The van der Waals surface area contributed by atoms with Crippen molar-refractivity contribution in [2.24, 2.45) is 5.92 Å². The maximum absolute atomic E-state index is 12.7. The number of thioether (sulfide) groups is 1. The van der Waals surface area contributed by atoms with E-state index in [-0.39, 0.29) is 17.2 Å². The highest BCUT2D eigenvalue weighted by molar-refractivity contribution is 8.03. The Morgan fingerprint density at radius 2 is 1.91 bits per heavy atom. The van der Waals surface area contributed by atoms with Crippen LogP contribution in [0.15, 0.2) is 72.5 Å². The number of allylic oxidation sites excluding steroid dienone is 1. The molecule has 2 aliphatic heterocycles. The molecular formula is C25H36N4O2S. The van der Waals surface area contributed by atoms with Crippen LogP contribution in [0.5, 0.6) is 0 Å². The third-order valence-corrected chi connectivity index (χ3v) is 6.21. The molecule has 0 bridgehead atoms.